The van der Waals surface area contributed by atoms with E-state index in [0.29, 0.717) is 29.8 Å². The van der Waals surface area contributed by atoms with Crippen molar-refractivity contribution in [1.82, 2.24) is 9.55 Å². The number of hydrogen-bond acceptors (Lipinski definition) is 5. The van der Waals surface area contributed by atoms with Crippen LogP contribution in [0.2, 0.25) is 0 Å². The summed E-state index contributed by atoms with van der Waals surface area (Å²) < 4.78 is 7.12. The summed E-state index contributed by atoms with van der Waals surface area (Å²) in [6.07, 6.45) is -2.55. The molecule has 0 aliphatic carbocycles. The lowest BCUT2D eigenvalue weighted by Gasteiger charge is -2.32. The van der Waals surface area contributed by atoms with Crippen LogP contribution in [0.3, 0.4) is 0 Å². The molecule has 0 amide bonds. The third-order valence-corrected chi connectivity index (χ3v) is 5.33. The van der Waals surface area contributed by atoms with Crippen LogP contribution < -0.4 is 5.56 Å². The van der Waals surface area contributed by atoms with Gasteiger partial charge in [-0.1, -0.05) is 25.1 Å². The van der Waals surface area contributed by atoms with Crippen molar-refractivity contribution in [3.8, 4) is 11.4 Å². The number of aliphatic hydroxyl groups excluding tert-OH is 2. The number of nitrogens with zero attached hydrogens (tertiary/aromatic N) is 2. The first-order chi connectivity index (χ1) is 12.6. The third-order valence-electron chi connectivity index (χ3n) is 5.33. The van der Waals surface area contributed by atoms with E-state index in [4.69, 9.17) is 9.72 Å². The maximum atomic E-state index is 13.2. The highest BCUT2D eigenvalue weighted by molar-refractivity contribution is 5.84. The molecule has 0 fully saturated rings. The van der Waals surface area contributed by atoms with Crippen molar-refractivity contribution in [2.45, 2.75) is 38.4 Å². The molecule has 0 bridgehead atoms. The fraction of sp³-hybridized carbons (Fsp3) is 0.300. The number of aliphatic hydroxyl groups is 2. The second kappa shape index (κ2) is 5.48. The Labute approximate surface area is 149 Å². The molecule has 2 aliphatic rings. The molecule has 0 saturated heterocycles. The van der Waals surface area contributed by atoms with Crippen molar-refractivity contribution in [2.75, 3.05) is 0 Å². The van der Waals surface area contributed by atoms with Crippen LogP contribution >= 0.6 is 0 Å². The van der Waals surface area contributed by atoms with Crippen molar-refractivity contribution >= 4 is 10.9 Å². The topological polar surface area (TPSA) is 84.6 Å². The second-order valence-corrected chi connectivity index (χ2v) is 6.85. The zero-order chi connectivity index (χ0) is 18.0. The Hall–Kier alpha value is -2.54. The van der Waals surface area contributed by atoms with Crippen molar-refractivity contribution in [3.63, 3.8) is 0 Å². The molecule has 4 heterocycles. The Kier molecular flexibility index (Phi) is 3.31. The minimum absolute atomic E-state index is 0.183. The van der Waals surface area contributed by atoms with Gasteiger partial charge < -0.3 is 19.5 Å². The molecule has 3 atom stereocenters. The maximum Gasteiger partial charge on any atom is 0.257 e. The van der Waals surface area contributed by atoms with Crippen LogP contribution in [-0.2, 0) is 11.3 Å². The highest BCUT2D eigenvalue weighted by Crippen LogP contribution is 2.39. The fourth-order valence-corrected chi connectivity index (χ4v) is 4.04. The average molecular weight is 350 g/mol. The van der Waals surface area contributed by atoms with Gasteiger partial charge in [0.1, 0.15) is 6.10 Å². The number of ether oxygens (including phenoxy) is 1. The zero-order valence-electron chi connectivity index (χ0n) is 14.2. The van der Waals surface area contributed by atoms with Crippen LogP contribution in [0, 0.1) is 0 Å². The number of pyridine rings is 2. The highest BCUT2D eigenvalue weighted by Gasteiger charge is 2.37. The lowest BCUT2D eigenvalue weighted by molar-refractivity contribution is -0.204. The normalized spacial score (nSPS) is 23.6. The lowest BCUT2D eigenvalue weighted by atomic mass is 9.94. The Bertz CT molecular complexity index is 1100. The van der Waals surface area contributed by atoms with Crippen molar-refractivity contribution in [1.29, 1.82) is 0 Å². The minimum atomic E-state index is -1.33. The molecule has 2 aliphatic heterocycles. The van der Waals surface area contributed by atoms with E-state index in [1.165, 1.54) is 0 Å². The summed E-state index contributed by atoms with van der Waals surface area (Å²) in [5, 5.41) is 21.4. The Morgan fingerprint density at radius 2 is 2.08 bits per heavy atom. The van der Waals surface area contributed by atoms with Gasteiger partial charge >= 0.3 is 0 Å². The van der Waals surface area contributed by atoms with Crippen LogP contribution in [0.25, 0.3) is 22.3 Å². The van der Waals surface area contributed by atoms with E-state index >= 15 is 0 Å². The van der Waals surface area contributed by atoms with Gasteiger partial charge in [-0.3, -0.25) is 4.79 Å². The number of hydrogen-bond donors (Lipinski definition) is 2. The monoisotopic (exact) mass is 350 g/mol. The minimum Gasteiger partial charge on any atom is -0.383 e. The fourth-order valence-electron chi connectivity index (χ4n) is 4.04. The smallest absolute Gasteiger partial charge is 0.257 e. The predicted molar refractivity (Wildman–Crippen MR) is 95.6 cm³/mol. The molecule has 6 nitrogen and oxygen atoms in total. The summed E-state index contributed by atoms with van der Waals surface area (Å²) >= 11 is 0. The number of rotatable bonds is 1. The van der Waals surface area contributed by atoms with Gasteiger partial charge in [0, 0.05) is 10.9 Å². The third kappa shape index (κ3) is 2.03. The summed E-state index contributed by atoms with van der Waals surface area (Å²) in [7, 11) is 0. The molecule has 0 radical (unpaired) electrons. The Morgan fingerprint density at radius 1 is 1.27 bits per heavy atom. The maximum absolute atomic E-state index is 13.2. The largest absolute Gasteiger partial charge is 0.383 e. The first kappa shape index (κ1) is 15.7. The molecule has 0 saturated carbocycles. The van der Waals surface area contributed by atoms with Gasteiger partial charge in [-0.2, -0.15) is 0 Å². The molecule has 0 spiro atoms. The molecule has 2 aromatic heterocycles. The average Bonchev–Trinajstić information content (AvgIpc) is 3.01. The van der Waals surface area contributed by atoms with E-state index in [1.807, 2.05) is 31.2 Å². The molecule has 2 N–H and O–H groups in total. The highest BCUT2D eigenvalue weighted by atomic mass is 16.6. The molecule has 26 heavy (non-hydrogen) atoms. The summed E-state index contributed by atoms with van der Waals surface area (Å²) in [6.45, 7) is 2.34. The Balaban J connectivity index is 1.78. The molecule has 132 valence electrons. The number of aromatic nitrogens is 2. The van der Waals surface area contributed by atoms with Gasteiger partial charge in [0.05, 0.1) is 35.1 Å². The predicted octanol–water partition coefficient (Wildman–Crippen LogP) is 2.26. The first-order valence-electron chi connectivity index (χ1n) is 8.76. The molecule has 1 aromatic carbocycles. The van der Waals surface area contributed by atoms with E-state index in [1.54, 1.807) is 10.6 Å². The van der Waals surface area contributed by atoms with E-state index in [-0.39, 0.29) is 5.56 Å². The van der Waals surface area contributed by atoms with E-state index in [2.05, 4.69) is 6.07 Å². The van der Waals surface area contributed by atoms with Crippen LogP contribution in [0.5, 0.6) is 0 Å². The van der Waals surface area contributed by atoms with Gasteiger partial charge in [0.15, 0.2) is 6.29 Å². The summed E-state index contributed by atoms with van der Waals surface area (Å²) in [6, 6.07) is 11.7. The first-order valence-corrected chi connectivity index (χ1v) is 8.76. The van der Waals surface area contributed by atoms with Crippen molar-refractivity contribution < 1.29 is 14.9 Å². The van der Waals surface area contributed by atoms with Crippen molar-refractivity contribution in [3.05, 3.63) is 63.4 Å². The molecule has 3 aromatic rings. The second-order valence-electron chi connectivity index (χ2n) is 6.85. The lowest BCUT2D eigenvalue weighted by Crippen LogP contribution is -2.37. The van der Waals surface area contributed by atoms with E-state index in [0.717, 1.165) is 22.2 Å². The van der Waals surface area contributed by atoms with E-state index in [9.17, 15) is 15.0 Å². The van der Waals surface area contributed by atoms with Gasteiger partial charge in [0.2, 0.25) is 0 Å². The van der Waals surface area contributed by atoms with E-state index < -0.39 is 18.5 Å². The van der Waals surface area contributed by atoms with Gasteiger partial charge in [-0.25, -0.2) is 4.98 Å². The molecular weight excluding hydrogens is 332 g/mol. The van der Waals surface area contributed by atoms with Gasteiger partial charge in [-0.15, -0.1) is 0 Å². The van der Waals surface area contributed by atoms with Crippen LogP contribution in [0.4, 0.5) is 0 Å². The summed E-state index contributed by atoms with van der Waals surface area (Å²) in [5.41, 5.74) is 3.97. The summed E-state index contributed by atoms with van der Waals surface area (Å²) in [5.74, 6) is 0. The molecule has 5 rings (SSSR count). The number of para-hydroxylation sites is 1. The number of fused-ring (bicyclic) bond motifs is 5. The summed E-state index contributed by atoms with van der Waals surface area (Å²) in [4.78, 5) is 17.9. The van der Waals surface area contributed by atoms with Gasteiger partial charge in [0.25, 0.3) is 5.56 Å². The van der Waals surface area contributed by atoms with Crippen molar-refractivity contribution in [2.24, 2.45) is 0 Å². The standard InChI is InChI=1S/C20H18N2O4/c1-2-15-16-12(18(23)20(25)26-15)8-14-17-11(9-22(14)19(16)24)7-10-5-3-4-6-13(10)21-17/h3-8,15,18,20,23,25H,2,9H2,1H3/t15-,18-,20+/m0/s1. The van der Waals surface area contributed by atoms with Crippen LogP contribution in [0.1, 0.15) is 42.2 Å². The molecule has 6 heteroatoms. The zero-order valence-corrected chi connectivity index (χ0v) is 14.2. The SMILES string of the molecule is CC[C@@H]1O[C@@H](O)[C@@H](O)c2cc3n(c(=O)c21)Cc1cc2ccccc2nc1-3. The van der Waals surface area contributed by atoms with Crippen LogP contribution in [0.15, 0.2) is 41.2 Å². The van der Waals surface area contributed by atoms with Gasteiger partial charge in [-0.05, 0) is 30.2 Å². The Morgan fingerprint density at radius 3 is 2.88 bits per heavy atom. The quantitative estimate of drug-likeness (QED) is 0.550. The van der Waals surface area contributed by atoms with Crippen LogP contribution in [-0.4, -0.2) is 26.1 Å². The number of benzene rings is 1. The molecule has 0 unspecified atom stereocenters. The molecular formula is C20H18N2O4.